The molecule has 1 amide bonds. The van der Waals surface area contributed by atoms with Crippen molar-refractivity contribution in [3.8, 4) is 0 Å². The Morgan fingerprint density at radius 1 is 1.15 bits per heavy atom. The van der Waals surface area contributed by atoms with Gasteiger partial charge in [-0.15, -0.1) is 0 Å². The smallest absolute Gasteiger partial charge is 0.336 e. The second-order valence-corrected chi connectivity index (χ2v) is 4.86. The number of nitrogen functional groups attached to an aromatic ring is 1. The van der Waals surface area contributed by atoms with E-state index in [4.69, 9.17) is 10.8 Å². The van der Waals surface area contributed by atoms with Crippen molar-refractivity contribution in [1.82, 2.24) is 5.32 Å². The van der Waals surface area contributed by atoms with E-state index in [1.54, 1.807) is 13.8 Å². The summed E-state index contributed by atoms with van der Waals surface area (Å²) < 4.78 is 0. The van der Waals surface area contributed by atoms with Crippen LogP contribution in [0.15, 0.2) is 18.2 Å². The van der Waals surface area contributed by atoms with Crippen molar-refractivity contribution in [2.45, 2.75) is 26.8 Å². The van der Waals surface area contributed by atoms with E-state index >= 15 is 0 Å². The third-order valence-electron chi connectivity index (χ3n) is 2.82. The molecule has 1 atom stereocenters. The minimum atomic E-state index is -1.21. The molecule has 6 nitrogen and oxygen atoms in total. The minimum absolute atomic E-state index is 0.00550. The van der Waals surface area contributed by atoms with Gasteiger partial charge in [0.2, 0.25) is 5.91 Å². The van der Waals surface area contributed by atoms with Crippen molar-refractivity contribution in [2.75, 3.05) is 5.73 Å². The molecule has 1 aromatic carbocycles. The lowest BCUT2D eigenvalue weighted by molar-refractivity contribution is -0.124. The molecular weight excluding hydrogens is 260 g/mol. The van der Waals surface area contributed by atoms with Gasteiger partial charge in [-0.2, -0.15) is 0 Å². The van der Waals surface area contributed by atoms with Crippen LogP contribution in [-0.2, 0) is 4.79 Å². The number of Topliss-reactive ketones (excluding diaryl/α,β-unsaturated/α-hetero) is 1. The maximum atomic E-state index is 12.2. The van der Waals surface area contributed by atoms with Gasteiger partial charge in [-0.05, 0) is 25.1 Å². The Bertz CT molecular complexity index is 552. The number of carbonyl (C=O) groups is 3. The van der Waals surface area contributed by atoms with Crippen molar-refractivity contribution in [2.24, 2.45) is 5.92 Å². The van der Waals surface area contributed by atoms with Gasteiger partial charge >= 0.3 is 5.97 Å². The molecule has 1 rings (SSSR count). The fraction of sp³-hybridized carbons (Fsp3) is 0.357. The van der Waals surface area contributed by atoms with E-state index in [1.807, 2.05) is 0 Å². The van der Waals surface area contributed by atoms with Crippen LogP contribution in [-0.4, -0.2) is 28.8 Å². The summed E-state index contributed by atoms with van der Waals surface area (Å²) in [5.74, 6) is -2.23. The maximum absolute atomic E-state index is 12.2. The number of hydrogen-bond donors (Lipinski definition) is 3. The highest BCUT2D eigenvalue weighted by Crippen LogP contribution is 2.16. The predicted octanol–water partition coefficient (Wildman–Crippen LogP) is 1.31. The molecule has 0 unspecified atom stereocenters. The second kappa shape index (κ2) is 6.18. The lowest BCUT2D eigenvalue weighted by Crippen LogP contribution is -2.41. The number of amides is 1. The van der Waals surface area contributed by atoms with E-state index in [-0.39, 0.29) is 23.0 Å². The average Bonchev–Trinajstić information content (AvgIpc) is 2.36. The Labute approximate surface area is 117 Å². The second-order valence-electron chi connectivity index (χ2n) is 4.86. The van der Waals surface area contributed by atoms with Gasteiger partial charge in [-0.3, -0.25) is 9.59 Å². The van der Waals surface area contributed by atoms with Gasteiger partial charge in [0.15, 0.2) is 5.78 Å². The number of carboxylic acid groups (broad SMARTS) is 1. The van der Waals surface area contributed by atoms with E-state index in [2.05, 4.69) is 5.32 Å². The zero-order valence-electron chi connectivity index (χ0n) is 11.6. The Morgan fingerprint density at radius 3 is 2.25 bits per heavy atom. The molecule has 4 N–H and O–H groups in total. The molecule has 0 bridgehead atoms. The van der Waals surface area contributed by atoms with Gasteiger partial charge in [0.05, 0.1) is 11.6 Å². The van der Waals surface area contributed by atoms with Gasteiger partial charge < -0.3 is 16.2 Å². The van der Waals surface area contributed by atoms with E-state index in [0.29, 0.717) is 5.69 Å². The first-order chi connectivity index (χ1) is 9.23. The zero-order valence-corrected chi connectivity index (χ0v) is 11.6. The van der Waals surface area contributed by atoms with Crippen LogP contribution in [0.5, 0.6) is 0 Å². The number of aromatic carboxylic acids is 1. The molecule has 0 saturated heterocycles. The summed E-state index contributed by atoms with van der Waals surface area (Å²) in [7, 11) is 0. The molecule has 6 heteroatoms. The van der Waals surface area contributed by atoms with Gasteiger partial charge in [-0.25, -0.2) is 4.79 Å². The predicted molar refractivity (Wildman–Crippen MR) is 74.6 cm³/mol. The highest BCUT2D eigenvalue weighted by molar-refractivity contribution is 6.09. The molecule has 0 spiro atoms. The lowest BCUT2D eigenvalue weighted by atomic mass is 9.98. The number of anilines is 1. The van der Waals surface area contributed by atoms with Gasteiger partial charge in [0.1, 0.15) is 0 Å². The van der Waals surface area contributed by atoms with Crippen LogP contribution >= 0.6 is 0 Å². The first kappa shape index (κ1) is 15.7. The van der Waals surface area contributed by atoms with Crippen LogP contribution in [0.2, 0.25) is 0 Å². The Hall–Kier alpha value is -2.37. The van der Waals surface area contributed by atoms with Crippen LogP contribution in [0.3, 0.4) is 0 Å². The van der Waals surface area contributed by atoms with E-state index in [1.165, 1.54) is 25.1 Å². The number of hydrogen-bond acceptors (Lipinski definition) is 4. The number of carbonyl (C=O) groups excluding carboxylic acids is 2. The van der Waals surface area contributed by atoms with Crippen LogP contribution < -0.4 is 11.1 Å². The number of rotatable bonds is 5. The highest BCUT2D eigenvalue weighted by Gasteiger charge is 2.23. The Balaban J connectivity index is 3.05. The standard InChI is InChI=1S/C14H18N2O4/c1-7(2)13(18)16-8(3)12(17)11-6-9(15)4-5-10(11)14(19)20/h4-8H,15H2,1-3H3,(H,16,18)(H,19,20)/t8-/m0/s1. The molecule has 108 valence electrons. The molecule has 0 heterocycles. The normalized spacial score (nSPS) is 12.0. The largest absolute Gasteiger partial charge is 0.478 e. The van der Waals surface area contributed by atoms with Crippen LogP contribution in [0.1, 0.15) is 41.5 Å². The fourth-order valence-electron chi connectivity index (χ4n) is 1.63. The summed E-state index contributed by atoms with van der Waals surface area (Å²) in [6, 6.07) is 3.19. The van der Waals surface area contributed by atoms with Crippen LogP contribution in [0.4, 0.5) is 5.69 Å². The SMILES string of the molecule is CC(C)C(=O)N[C@@H](C)C(=O)c1cc(N)ccc1C(=O)O. The molecule has 0 fully saturated rings. The average molecular weight is 278 g/mol. The monoisotopic (exact) mass is 278 g/mol. The summed E-state index contributed by atoms with van der Waals surface area (Å²) >= 11 is 0. The number of nitrogens with one attached hydrogen (secondary N) is 1. The summed E-state index contributed by atoms with van der Waals surface area (Å²) in [5.41, 5.74) is 5.74. The van der Waals surface area contributed by atoms with Crippen molar-refractivity contribution in [1.29, 1.82) is 0 Å². The van der Waals surface area contributed by atoms with Crippen molar-refractivity contribution in [3.05, 3.63) is 29.3 Å². The van der Waals surface area contributed by atoms with Gasteiger partial charge in [0.25, 0.3) is 0 Å². The molecule has 0 aliphatic rings. The number of nitrogens with two attached hydrogens (primary N) is 1. The van der Waals surface area contributed by atoms with E-state index in [0.717, 1.165) is 0 Å². The molecule has 20 heavy (non-hydrogen) atoms. The topological polar surface area (TPSA) is 109 Å². The van der Waals surface area contributed by atoms with Crippen molar-refractivity contribution in [3.63, 3.8) is 0 Å². The van der Waals surface area contributed by atoms with E-state index in [9.17, 15) is 14.4 Å². The van der Waals surface area contributed by atoms with Crippen LogP contribution in [0.25, 0.3) is 0 Å². The molecular formula is C14H18N2O4. The molecule has 0 aliphatic carbocycles. The van der Waals surface area contributed by atoms with Gasteiger partial charge in [-0.1, -0.05) is 13.8 Å². The molecule has 1 aromatic rings. The lowest BCUT2D eigenvalue weighted by Gasteiger charge is -2.16. The first-order valence-corrected chi connectivity index (χ1v) is 6.21. The Kier molecular flexibility index (Phi) is 4.85. The van der Waals surface area contributed by atoms with Crippen LogP contribution in [0, 0.1) is 5.92 Å². The maximum Gasteiger partial charge on any atom is 0.336 e. The number of carboxylic acids is 1. The third-order valence-corrected chi connectivity index (χ3v) is 2.82. The van der Waals surface area contributed by atoms with Gasteiger partial charge in [0, 0.05) is 17.2 Å². The minimum Gasteiger partial charge on any atom is -0.478 e. The molecule has 0 saturated carbocycles. The fourth-order valence-corrected chi connectivity index (χ4v) is 1.63. The summed E-state index contributed by atoms with van der Waals surface area (Å²) in [5, 5.41) is 11.6. The zero-order chi connectivity index (χ0) is 15.4. The summed E-state index contributed by atoms with van der Waals surface area (Å²) in [6.45, 7) is 4.92. The molecule has 0 aliphatic heterocycles. The number of ketones is 1. The Morgan fingerprint density at radius 2 is 1.75 bits per heavy atom. The number of benzene rings is 1. The summed E-state index contributed by atoms with van der Waals surface area (Å²) in [6.07, 6.45) is 0. The highest BCUT2D eigenvalue weighted by atomic mass is 16.4. The third kappa shape index (κ3) is 3.57. The van der Waals surface area contributed by atoms with E-state index < -0.39 is 17.8 Å². The van der Waals surface area contributed by atoms with Crippen molar-refractivity contribution >= 4 is 23.3 Å². The molecule has 0 radical (unpaired) electrons. The quantitative estimate of drug-likeness (QED) is 0.555. The first-order valence-electron chi connectivity index (χ1n) is 6.21. The summed E-state index contributed by atoms with van der Waals surface area (Å²) in [4.78, 5) is 34.9. The molecule has 0 aromatic heterocycles. The van der Waals surface area contributed by atoms with Crippen molar-refractivity contribution < 1.29 is 19.5 Å².